The molecule has 4 rings (SSSR count). The van der Waals surface area contributed by atoms with Crippen molar-refractivity contribution in [3.05, 3.63) is 70.1 Å². The van der Waals surface area contributed by atoms with E-state index in [0.717, 1.165) is 35.4 Å². The Labute approximate surface area is 186 Å². The zero-order valence-electron chi connectivity index (χ0n) is 17.4. The molecule has 31 heavy (non-hydrogen) atoms. The predicted octanol–water partition coefficient (Wildman–Crippen LogP) is 5.63. The van der Waals surface area contributed by atoms with E-state index in [2.05, 4.69) is 28.5 Å². The van der Waals surface area contributed by atoms with Crippen molar-refractivity contribution in [3.63, 3.8) is 0 Å². The quantitative estimate of drug-likeness (QED) is 0.407. The highest BCUT2D eigenvalue weighted by atomic mass is 32.1. The van der Waals surface area contributed by atoms with Gasteiger partial charge in [0.2, 0.25) is 0 Å². The van der Waals surface area contributed by atoms with Gasteiger partial charge in [-0.05, 0) is 73.6 Å². The summed E-state index contributed by atoms with van der Waals surface area (Å²) in [6, 6.07) is 15.7. The summed E-state index contributed by atoms with van der Waals surface area (Å²) in [6.45, 7) is 2.50. The highest BCUT2D eigenvalue weighted by Gasteiger charge is 2.14. The lowest BCUT2D eigenvalue weighted by Crippen LogP contribution is -2.13. The number of aromatic nitrogens is 1. The molecule has 156 valence electrons. The number of nitrogens with zero attached hydrogens (tertiary/aromatic N) is 2. The molecule has 0 saturated carbocycles. The maximum absolute atomic E-state index is 12.6. The number of aryl methyl sites for hydroxylation is 2. The highest BCUT2D eigenvalue weighted by Crippen LogP contribution is 2.29. The van der Waals surface area contributed by atoms with Gasteiger partial charge in [0.05, 0.1) is 12.3 Å². The van der Waals surface area contributed by atoms with Crippen LogP contribution in [-0.4, -0.2) is 17.5 Å². The van der Waals surface area contributed by atoms with Crippen molar-refractivity contribution in [2.45, 2.75) is 32.6 Å². The molecular formula is C25H23N3O2S. The number of anilines is 1. The molecule has 0 unspecified atom stereocenters. The van der Waals surface area contributed by atoms with Crippen molar-refractivity contribution >= 4 is 28.5 Å². The Bertz CT molecular complexity index is 1160. The molecule has 1 aromatic heterocycles. The lowest BCUT2D eigenvalue weighted by atomic mass is 9.90. The number of rotatable bonds is 6. The predicted molar refractivity (Wildman–Crippen MR) is 124 cm³/mol. The van der Waals surface area contributed by atoms with Crippen LogP contribution in [0.3, 0.4) is 0 Å². The van der Waals surface area contributed by atoms with Crippen LogP contribution in [0.15, 0.2) is 53.4 Å². The number of thiazole rings is 1. The summed E-state index contributed by atoms with van der Waals surface area (Å²) in [5.74, 6) is 0.280. The Morgan fingerprint density at radius 1 is 1.19 bits per heavy atom. The van der Waals surface area contributed by atoms with Crippen LogP contribution in [-0.2, 0) is 17.6 Å². The minimum atomic E-state index is -0.470. The largest absolute Gasteiger partial charge is 0.494 e. The topological polar surface area (TPSA) is 75.0 Å². The van der Waals surface area contributed by atoms with E-state index in [-0.39, 0.29) is 5.57 Å². The fourth-order valence-corrected chi connectivity index (χ4v) is 4.38. The van der Waals surface area contributed by atoms with Gasteiger partial charge >= 0.3 is 0 Å². The minimum absolute atomic E-state index is 0.0229. The molecule has 0 aliphatic heterocycles. The third-order valence-electron chi connectivity index (χ3n) is 5.24. The number of nitriles is 1. The molecule has 0 atom stereocenters. The van der Waals surface area contributed by atoms with Crippen LogP contribution in [0.1, 0.15) is 36.5 Å². The molecule has 1 amide bonds. The monoisotopic (exact) mass is 429 g/mol. The summed E-state index contributed by atoms with van der Waals surface area (Å²) >= 11 is 1.36. The fourth-order valence-electron chi connectivity index (χ4n) is 3.66. The van der Waals surface area contributed by atoms with Crippen LogP contribution in [0, 0.1) is 11.3 Å². The van der Waals surface area contributed by atoms with E-state index >= 15 is 0 Å². The Morgan fingerprint density at radius 2 is 1.97 bits per heavy atom. The van der Waals surface area contributed by atoms with Crippen LogP contribution in [0.25, 0.3) is 17.3 Å². The van der Waals surface area contributed by atoms with Gasteiger partial charge in [0, 0.05) is 10.9 Å². The van der Waals surface area contributed by atoms with Gasteiger partial charge in [-0.2, -0.15) is 5.26 Å². The second-order valence-electron chi connectivity index (χ2n) is 7.35. The number of fused-ring (bicyclic) bond motifs is 1. The standard InChI is InChI=1S/C25H23N3O2S/c1-2-30-22-11-7-17(8-12-22)13-21(15-26)24(29)28-25-27-23(16-31-25)20-10-9-18-5-3-4-6-19(18)14-20/h7-14,16H,2-6H2,1H3,(H,27,28,29)/b21-13+. The molecule has 1 aliphatic carbocycles. The SMILES string of the molecule is CCOc1ccc(/C=C(\C#N)C(=O)Nc2nc(-c3ccc4c(c3)CCCC4)cs2)cc1. The summed E-state index contributed by atoms with van der Waals surface area (Å²) in [6.07, 6.45) is 6.30. The molecule has 0 spiro atoms. The Kier molecular flexibility index (Phi) is 6.44. The van der Waals surface area contributed by atoms with Gasteiger partial charge in [-0.1, -0.05) is 24.3 Å². The van der Waals surface area contributed by atoms with Gasteiger partial charge < -0.3 is 4.74 Å². The average molecular weight is 430 g/mol. The number of carbonyl (C=O) groups excluding carboxylic acids is 1. The van der Waals surface area contributed by atoms with Gasteiger partial charge in [-0.25, -0.2) is 4.98 Å². The molecule has 0 bridgehead atoms. The number of hydrogen-bond acceptors (Lipinski definition) is 5. The van der Waals surface area contributed by atoms with Crippen LogP contribution in [0.2, 0.25) is 0 Å². The lowest BCUT2D eigenvalue weighted by molar-refractivity contribution is -0.112. The first-order valence-electron chi connectivity index (χ1n) is 10.4. The first-order valence-corrected chi connectivity index (χ1v) is 11.3. The van der Waals surface area contributed by atoms with E-state index in [9.17, 15) is 10.1 Å². The molecule has 5 nitrogen and oxygen atoms in total. The highest BCUT2D eigenvalue weighted by molar-refractivity contribution is 7.14. The van der Waals surface area contributed by atoms with Crippen molar-refractivity contribution in [2.75, 3.05) is 11.9 Å². The molecule has 0 fully saturated rings. The molecule has 1 aliphatic rings. The van der Waals surface area contributed by atoms with Crippen LogP contribution >= 0.6 is 11.3 Å². The molecule has 1 heterocycles. The van der Waals surface area contributed by atoms with Gasteiger partial charge in [0.1, 0.15) is 17.4 Å². The number of carbonyl (C=O) groups is 1. The molecule has 2 aromatic carbocycles. The van der Waals surface area contributed by atoms with Crippen molar-refractivity contribution < 1.29 is 9.53 Å². The minimum Gasteiger partial charge on any atom is -0.494 e. The molecular weight excluding hydrogens is 406 g/mol. The maximum Gasteiger partial charge on any atom is 0.268 e. The third kappa shape index (κ3) is 5.01. The number of hydrogen-bond donors (Lipinski definition) is 1. The molecule has 1 N–H and O–H groups in total. The first kappa shape index (κ1) is 20.8. The van der Waals surface area contributed by atoms with Crippen LogP contribution in [0.4, 0.5) is 5.13 Å². The van der Waals surface area contributed by atoms with Crippen molar-refractivity contribution in [3.8, 4) is 23.1 Å². The van der Waals surface area contributed by atoms with Crippen molar-refractivity contribution in [1.82, 2.24) is 4.98 Å². The van der Waals surface area contributed by atoms with Crippen LogP contribution in [0.5, 0.6) is 5.75 Å². The fraction of sp³-hybridized carbons (Fsp3) is 0.240. The van der Waals surface area contributed by atoms with E-state index in [0.29, 0.717) is 11.7 Å². The third-order valence-corrected chi connectivity index (χ3v) is 5.99. The van der Waals surface area contributed by atoms with Crippen LogP contribution < -0.4 is 10.1 Å². The van der Waals surface area contributed by atoms with E-state index in [4.69, 9.17) is 4.74 Å². The number of benzene rings is 2. The summed E-state index contributed by atoms with van der Waals surface area (Å²) in [7, 11) is 0. The Morgan fingerprint density at radius 3 is 2.71 bits per heavy atom. The molecule has 6 heteroatoms. The summed E-state index contributed by atoms with van der Waals surface area (Å²) in [5.41, 5.74) is 5.49. The summed E-state index contributed by atoms with van der Waals surface area (Å²) in [4.78, 5) is 17.2. The zero-order valence-corrected chi connectivity index (χ0v) is 18.2. The number of amides is 1. The summed E-state index contributed by atoms with van der Waals surface area (Å²) in [5, 5.41) is 14.6. The average Bonchev–Trinajstić information content (AvgIpc) is 3.26. The second-order valence-corrected chi connectivity index (χ2v) is 8.21. The van der Waals surface area contributed by atoms with Gasteiger partial charge in [-0.15, -0.1) is 11.3 Å². The van der Waals surface area contributed by atoms with E-state index in [1.165, 1.54) is 35.3 Å². The lowest BCUT2D eigenvalue weighted by Gasteiger charge is -2.16. The Balaban J connectivity index is 1.47. The van der Waals surface area contributed by atoms with Gasteiger partial charge in [-0.3, -0.25) is 10.1 Å². The number of nitrogens with one attached hydrogen (secondary N) is 1. The smallest absolute Gasteiger partial charge is 0.268 e. The van der Waals surface area contributed by atoms with E-state index < -0.39 is 5.91 Å². The van der Waals surface area contributed by atoms with E-state index in [1.807, 2.05) is 42.6 Å². The normalized spacial score (nSPS) is 13.2. The van der Waals surface area contributed by atoms with Gasteiger partial charge in [0.25, 0.3) is 5.91 Å². The maximum atomic E-state index is 12.6. The van der Waals surface area contributed by atoms with Crippen molar-refractivity contribution in [2.24, 2.45) is 0 Å². The first-order chi connectivity index (χ1) is 15.2. The Hall–Kier alpha value is -3.43. The zero-order chi connectivity index (χ0) is 21.6. The molecule has 0 radical (unpaired) electrons. The van der Waals surface area contributed by atoms with Gasteiger partial charge in [0.15, 0.2) is 5.13 Å². The number of ether oxygens (including phenoxy) is 1. The summed E-state index contributed by atoms with van der Waals surface area (Å²) < 4.78 is 5.42. The second kappa shape index (κ2) is 9.59. The van der Waals surface area contributed by atoms with Crippen molar-refractivity contribution in [1.29, 1.82) is 5.26 Å². The van der Waals surface area contributed by atoms with E-state index in [1.54, 1.807) is 6.08 Å². The molecule has 3 aromatic rings. The molecule has 0 saturated heterocycles.